The summed E-state index contributed by atoms with van der Waals surface area (Å²) in [7, 11) is 0. The number of hydrogen-bond acceptors (Lipinski definition) is 3. The van der Waals surface area contributed by atoms with E-state index in [9.17, 15) is 0 Å². The van der Waals surface area contributed by atoms with E-state index in [0.29, 0.717) is 5.82 Å². The van der Waals surface area contributed by atoms with E-state index in [2.05, 4.69) is 163 Å². The maximum Gasteiger partial charge on any atom is 0.160 e. The van der Waals surface area contributed by atoms with E-state index >= 15 is 0 Å². The molecule has 3 heteroatoms. The molecule has 2 aromatic heterocycles. The molecule has 0 N–H and O–H groups in total. The quantitative estimate of drug-likeness (QED) is 0.170. The second-order valence-electron chi connectivity index (χ2n) is 12.4. The summed E-state index contributed by atoms with van der Waals surface area (Å²) in [4.78, 5) is 14.4. The van der Waals surface area contributed by atoms with Crippen molar-refractivity contribution < 1.29 is 0 Å². The Morgan fingerprint density at radius 1 is 0.280 bits per heavy atom. The molecule has 0 aliphatic heterocycles. The van der Waals surface area contributed by atoms with Crippen LogP contribution in [0, 0.1) is 0 Å². The largest absolute Gasteiger partial charge is 0.265 e. The topological polar surface area (TPSA) is 38.7 Å². The van der Waals surface area contributed by atoms with Crippen LogP contribution in [0.25, 0.3) is 88.8 Å². The third kappa shape index (κ3) is 5.41. The number of pyridine rings is 1. The highest BCUT2D eigenvalue weighted by molar-refractivity contribution is 6.21. The Kier molecular flexibility index (Phi) is 7.49. The molecule has 234 valence electrons. The van der Waals surface area contributed by atoms with Gasteiger partial charge in [-0.3, -0.25) is 4.98 Å². The first-order valence-corrected chi connectivity index (χ1v) is 16.9. The van der Waals surface area contributed by atoms with Crippen LogP contribution >= 0.6 is 0 Å². The summed E-state index contributed by atoms with van der Waals surface area (Å²) >= 11 is 0. The van der Waals surface area contributed by atoms with Crippen LogP contribution in [0.3, 0.4) is 0 Å². The predicted octanol–water partition coefficient (Wildman–Crippen LogP) is 12.2. The van der Waals surface area contributed by atoms with Crippen LogP contribution in [0.15, 0.2) is 188 Å². The fraction of sp³-hybridized carbons (Fsp3) is 0. The standard InChI is InChI=1S/C47H31N3/c1-3-12-34(13-4-1)43-31-44(50-47(49-43)36-24-22-32(23-25-36)33-26-28-48-29-27-33)37-16-11-17-38(30-37)46-41-20-9-7-18-39(41)45(35-14-5-2-6-15-35)40-19-8-10-21-42(40)46/h1-31H. The number of rotatable bonds is 6. The van der Waals surface area contributed by atoms with Crippen LogP contribution in [0.5, 0.6) is 0 Å². The van der Waals surface area contributed by atoms with Crippen molar-refractivity contribution in [2.75, 3.05) is 0 Å². The second-order valence-corrected chi connectivity index (χ2v) is 12.4. The first kappa shape index (κ1) is 29.4. The molecular weight excluding hydrogens is 607 g/mol. The lowest BCUT2D eigenvalue weighted by Crippen LogP contribution is -1.96. The Morgan fingerprint density at radius 3 is 1.32 bits per heavy atom. The molecule has 0 amide bonds. The van der Waals surface area contributed by atoms with Crippen molar-refractivity contribution >= 4 is 21.5 Å². The van der Waals surface area contributed by atoms with E-state index in [-0.39, 0.29) is 0 Å². The van der Waals surface area contributed by atoms with Crippen LogP contribution in [0.4, 0.5) is 0 Å². The van der Waals surface area contributed by atoms with Gasteiger partial charge in [0.25, 0.3) is 0 Å². The van der Waals surface area contributed by atoms with Crippen LogP contribution in [-0.4, -0.2) is 15.0 Å². The summed E-state index contributed by atoms with van der Waals surface area (Å²) in [6.45, 7) is 0. The Hall–Kier alpha value is -6.71. The van der Waals surface area contributed by atoms with E-state index in [4.69, 9.17) is 9.97 Å². The zero-order valence-electron chi connectivity index (χ0n) is 27.2. The smallest absolute Gasteiger partial charge is 0.160 e. The molecule has 7 aromatic carbocycles. The van der Waals surface area contributed by atoms with Crippen molar-refractivity contribution in [2.24, 2.45) is 0 Å². The van der Waals surface area contributed by atoms with Crippen molar-refractivity contribution in [3.8, 4) is 67.3 Å². The molecule has 0 spiro atoms. The molecule has 0 radical (unpaired) electrons. The van der Waals surface area contributed by atoms with Gasteiger partial charge in [0.05, 0.1) is 11.4 Å². The molecule has 2 heterocycles. The minimum absolute atomic E-state index is 0.691. The van der Waals surface area contributed by atoms with Gasteiger partial charge in [-0.1, -0.05) is 152 Å². The lowest BCUT2D eigenvalue weighted by molar-refractivity contribution is 1.18. The van der Waals surface area contributed by atoms with Crippen LogP contribution in [0.1, 0.15) is 0 Å². The van der Waals surface area contributed by atoms with Crippen molar-refractivity contribution in [2.45, 2.75) is 0 Å². The second kappa shape index (κ2) is 12.7. The molecule has 0 atom stereocenters. The van der Waals surface area contributed by atoms with Gasteiger partial charge >= 0.3 is 0 Å². The van der Waals surface area contributed by atoms with Crippen molar-refractivity contribution in [1.29, 1.82) is 0 Å². The van der Waals surface area contributed by atoms with Gasteiger partial charge in [-0.2, -0.15) is 0 Å². The van der Waals surface area contributed by atoms with Gasteiger partial charge in [-0.05, 0) is 79.2 Å². The van der Waals surface area contributed by atoms with Gasteiger partial charge in [0.1, 0.15) is 0 Å². The SMILES string of the molecule is c1ccc(-c2cc(-c3cccc(-c4c5ccccc5c(-c5ccccc5)c5ccccc45)c3)nc(-c3ccc(-c4ccncc4)cc3)n2)cc1. The molecule has 0 saturated heterocycles. The summed E-state index contributed by atoms with van der Waals surface area (Å²) in [5.41, 5.74) is 11.9. The molecule has 50 heavy (non-hydrogen) atoms. The molecule has 9 aromatic rings. The predicted molar refractivity (Wildman–Crippen MR) is 207 cm³/mol. The summed E-state index contributed by atoms with van der Waals surface area (Å²) in [5.74, 6) is 0.691. The van der Waals surface area contributed by atoms with Crippen molar-refractivity contribution in [3.05, 3.63) is 188 Å². The highest BCUT2D eigenvalue weighted by Crippen LogP contribution is 2.44. The molecular formula is C47H31N3. The monoisotopic (exact) mass is 637 g/mol. The number of hydrogen-bond donors (Lipinski definition) is 0. The summed E-state index contributed by atoms with van der Waals surface area (Å²) in [6.07, 6.45) is 3.64. The van der Waals surface area contributed by atoms with Crippen LogP contribution in [-0.2, 0) is 0 Å². The van der Waals surface area contributed by atoms with E-state index < -0.39 is 0 Å². The lowest BCUT2D eigenvalue weighted by atomic mass is 9.85. The molecule has 0 aliphatic carbocycles. The zero-order valence-corrected chi connectivity index (χ0v) is 27.2. The van der Waals surface area contributed by atoms with Gasteiger partial charge in [0.15, 0.2) is 5.82 Å². The molecule has 9 rings (SSSR count). The summed E-state index contributed by atoms with van der Waals surface area (Å²) in [6, 6.07) is 62.0. The van der Waals surface area contributed by atoms with Gasteiger partial charge in [0.2, 0.25) is 0 Å². The van der Waals surface area contributed by atoms with Crippen molar-refractivity contribution in [1.82, 2.24) is 15.0 Å². The van der Waals surface area contributed by atoms with Gasteiger partial charge in [-0.25, -0.2) is 9.97 Å². The van der Waals surface area contributed by atoms with E-state index in [1.165, 1.54) is 38.2 Å². The zero-order chi connectivity index (χ0) is 33.3. The van der Waals surface area contributed by atoms with E-state index in [0.717, 1.165) is 44.8 Å². The van der Waals surface area contributed by atoms with Crippen LogP contribution < -0.4 is 0 Å². The maximum atomic E-state index is 5.19. The lowest BCUT2D eigenvalue weighted by Gasteiger charge is -2.18. The van der Waals surface area contributed by atoms with Crippen LogP contribution in [0.2, 0.25) is 0 Å². The van der Waals surface area contributed by atoms with Gasteiger partial charge in [0, 0.05) is 29.1 Å². The van der Waals surface area contributed by atoms with Crippen molar-refractivity contribution in [3.63, 3.8) is 0 Å². The third-order valence-electron chi connectivity index (χ3n) is 9.39. The molecule has 0 saturated carbocycles. The average molecular weight is 638 g/mol. The normalized spacial score (nSPS) is 11.2. The Morgan fingerprint density at radius 2 is 0.720 bits per heavy atom. The fourth-order valence-corrected chi connectivity index (χ4v) is 7.03. The Balaban J connectivity index is 1.22. The Labute approximate surface area is 291 Å². The first-order valence-electron chi connectivity index (χ1n) is 16.9. The highest BCUT2D eigenvalue weighted by atomic mass is 14.9. The summed E-state index contributed by atoms with van der Waals surface area (Å²) < 4.78 is 0. The number of aromatic nitrogens is 3. The number of fused-ring (bicyclic) bond motifs is 2. The molecule has 3 nitrogen and oxygen atoms in total. The third-order valence-corrected chi connectivity index (χ3v) is 9.39. The van der Waals surface area contributed by atoms with Gasteiger partial charge < -0.3 is 0 Å². The number of benzene rings is 7. The minimum atomic E-state index is 0.691. The van der Waals surface area contributed by atoms with E-state index in [1.54, 1.807) is 0 Å². The highest BCUT2D eigenvalue weighted by Gasteiger charge is 2.17. The maximum absolute atomic E-state index is 5.19. The summed E-state index contributed by atoms with van der Waals surface area (Å²) in [5, 5.41) is 4.93. The molecule has 0 fully saturated rings. The number of nitrogens with zero attached hydrogens (tertiary/aromatic N) is 3. The van der Waals surface area contributed by atoms with Gasteiger partial charge in [-0.15, -0.1) is 0 Å². The molecule has 0 bridgehead atoms. The van der Waals surface area contributed by atoms with E-state index in [1.807, 2.05) is 30.6 Å². The molecule has 0 unspecified atom stereocenters. The minimum Gasteiger partial charge on any atom is -0.265 e. The average Bonchev–Trinajstić information content (AvgIpc) is 3.21. The first-order chi connectivity index (χ1) is 24.8. The Bertz CT molecular complexity index is 2560. The molecule has 0 aliphatic rings. The fourth-order valence-electron chi connectivity index (χ4n) is 7.03.